The molecule has 1 aromatic carbocycles. The molecule has 0 aliphatic heterocycles. The topological polar surface area (TPSA) is 55.4 Å². The van der Waals surface area contributed by atoms with E-state index in [1.807, 2.05) is 13.0 Å². The van der Waals surface area contributed by atoms with Gasteiger partial charge >= 0.3 is 5.97 Å². The van der Waals surface area contributed by atoms with Gasteiger partial charge in [0.25, 0.3) is 5.91 Å². The van der Waals surface area contributed by atoms with Gasteiger partial charge in [-0.25, -0.2) is 4.79 Å². The number of hydrogen-bond donors (Lipinski definition) is 1. The fourth-order valence-electron chi connectivity index (χ4n) is 1.30. The molecule has 4 heteroatoms. The summed E-state index contributed by atoms with van der Waals surface area (Å²) in [4.78, 5) is 23.4. The monoisotopic (exact) mass is 247 g/mol. The molecule has 1 aromatic rings. The molecule has 0 aliphatic rings. The minimum atomic E-state index is -0.511. The molecule has 0 heterocycles. The molecule has 0 atom stereocenters. The highest BCUT2D eigenvalue weighted by Gasteiger charge is 2.14. The fraction of sp³-hybridized carbons (Fsp3) is 0.286. The van der Waals surface area contributed by atoms with Crippen LogP contribution in [-0.2, 0) is 9.53 Å². The predicted octanol–water partition coefficient (Wildman–Crippen LogP) is 2.27. The van der Waals surface area contributed by atoms with Gasteiger partial charge in [0.15, 0.2) is 0 Å². The van der Waals surface area contributed by atoms with Gasteiger partial charge in [-0.1, -0.05) is 31.2 Å². The molecule has 0 unspecified atom stereocenters. The fourth-order valence-corrected chi connectivity index (χ4v) is 1.30. The van der Waals surface area contributed by atoms with Crippen LogP contribution in [0.1, 0.15) is 30.6 Å². The third-order valence-electron chi connectivity index (χ3n) is 2.23. The molecule has 0 aliphatic carbocycles. The van der Waals surface area contributed by atoms with E-state index in [1.165, 1.54) is 6.08 Å². The third kappa shape index (κ3) is 4.05. The van der Waals surface area contributed by atoms with Crippen molar-refractivity contribution in [1.29, 1.82) is 0 Å². The van der Waals surface area contributed by atoms with Crippen molar-refractivity contribution in [1.82, 2.24) is 5.32 Å². The summed E-state index contributed by atoms with van der Waals surface area (Å²) >= 11 is 0. The van der Waals surface area contributed by atoms with Crippen molar-refractivity contribution in [2.45, 2.75) is 20.3 Å². The van der Waals surface area contributed by atoms with Crippen LogP contribution in [0.2, 0.25) is 0 Å². The summed E-state index contributed by atoms with van der Waals surface area (Å²) in [5.41, 5.74) is 0.664. The number of ether oxygens (including phenoxy) is 1. The van der Waals surface area contributed by atoms with E-state index in [0.717, 1.165) is 6.42 Å². The molecule has 1 rings (SSSR count). The van der Waals surface area contributed by atoms with Gasteiger partial charge in [-0.15, -0.1) is 0 Å². The molecular weight excluding hydrogens is 230 g/mol. The molecule has 96 valence electrons. The summed E-state index contributed by atoms with van der Waals surface area (Å²) < 4.78 is 4.96. The summed E-state index contributed by atoms with van der Waals surface area (Å²) in [5.74, 6) is -0.833. The van der Waals surface area contributed by atoms with Crippen molar-refractivity contribution in [2.75, 3.05) is 6.61 Å². The van der Waals surface area contributed by atoms with Gasteiger partial charge in [0.1, 0.15) is 5.70 Å². The van der Waals surface area contributed by atoms with E-state index in [1.54, 1.807) is 31.2 Å². The van der Waals surface area contributed by atoms with Gasteiger partial charge in [0, 0.05) is 5.56 Å². The van der Waals surface area contributed by atoms with Gasteiger partial charge < -0.3 is 10.1 Å². The molecule has 0 saturated carbocycles. The number of carbonyl (C=O) groups excluding carboxylic acids is 2. The highest BCUT2D eigenvalue weighted by molar-refractivity contribution is 6.00. The Hall–Kier alpha value is -2.10. The first-order valence-electron chi connectivity index (χ1n) is 5.88. The molecule has 4 nitrogen and oxygen atoms in total. The van der Waals surface area contributed by atoms with E-state index in [2.05, 4.69) is 5.32 Å². The average Bonchev–Trinajstić information content (AvgIpc) is 2.42. The maximum absolute atomic E-state index is 11.8. The predicted molar refractivity (Wildman–Crippen MR) is 68.9 cm³/mol. The lowest BCUT2D eigenvalue weighted by atomic mass is 10.2. The number of benzene rings is 1. The van der Waals surface area contributed by atoms with Crippen LogP contribution in [0, 0.1) is 0 Å². The maximum atomic E-state index is 11.8. The van der Waals surface area contributed by atoms with E-state index in [4.69, 9.17) is 4.74 Å². The Morgan fingerprint density at radius 1 is 1.28 bits per heavy atom. The lowest BCUT2D eigenvalue weighted by Gasteiger charge is -2.09. The summed E-state index contributed by atoms with van der Waals surface area (Å²) in [5, 5.41) is 2.54. The molecule has 18 heavy (non-hydrogen) atoms. The van der Waals surface area contributed by atoms with E-state index >= 15 is 0 Å². The lowest BCUT2D eigenvalue weighted by molar-refractivity contribution is -0.139. The van der Waals surface area contributed by atoms with Crippen LogP contribution in [0.4, 0.5) is 0 Å². The Kier molecular flexibility index (Phi) is 5.64. The van der Waals surface area contributed by atoms with Crippen molar-refractivity contribution in [3.05, 3.63) is 47.7 Å². The van der Waals surface area contributed by atoms with Crippen LogP contribution in [0.5, 0.6) is 0 Å². The zero-order valence-electron chi connectivity index (χ0n) is 10.6. The average molecular weight is 247 g/mol. The molecule has 0 fully saturated rings. The Morgan fingerprint density at radius 2 is 1.94 bits per heavy atom. The molecule has 0 saturated heterocycles. The normalized spacial score (nSPS) is 10.9. The van der Waals surface area contributed by atoms with Crippen LogP contribution in [0.3, 0.4) is 0 Å². The second kappa shape index (κ2) is 7.27. The standard InChI is InChI=1S/C14H17NO3/c1-3-10-18-14(17)12(4-2)15-13(16)11-8-6-5-7-9-11/h4-9H,3,10H2,1-2H3,(H,15,16)/b12-4-. The van der Waals surface area contributed by atoms with E-state index < -0.39 is 5.97 Å². The Labute approximate surface area is 107 Å². The second-order valence-electron chi connectivity index (χ2n) is 3.66. The largest absolute Gasteiger partial charge is 0.461 e. The van der Waals surface area contributed by atoms with Gasteiger partial charge in [0.05, 0.1) is 6.61 Å². The lowest BCUT2D eigenvalue weighted by Crippen LogP contribution is -2.28. The quantitative estimate of drug-likeness (QED) is 0.641. The van der Waals surface area contributed by atoms with Crippen molar-refractivity contribution in [3.63, 3.8) is 0 Å². The van der Waals surface area contributed by atoms with Crippen molar-refractivity contribution in [3.8, 4) is 0 Å². The molecule has 0 spiro atoms. The van der Waals surface area contributed by atoms with Crippen LogP contribution >= 0.6 is 0 Å². The first kappa shape index (κ1) is 14.0. The van der Waals surface area contributed by atoms with Crippen molar-refractivity contribution < 1.29 is 14.3 Å². The van der Waals surface area contributed by atoms with E-state index in [-0.39, 0.29) is 11.6 Å². The maximum Gasteiger partial charge on any atom is 0.354 e. The van der Waals surface area contributed by atoms with Gasteiger partial charge in [-0.2, -0.15) is 0 Å². The molecular formula is C14H17NO3. The van der Waals surface area contributed by atoms with Crippen LogP contribution in [0.15, 0.2) is 42.1 Å². The number of nitrogens with one attached hydrogen (secondary N) is 1. The summed E-state index contributed by atoms with van der Waals surface area (Å²) in [7, 11) is 0. The molecule has 1 amide bonds. The summed E-state index contributed by atoms with van der Waals surface area (Å²) in [6, 6.07) is 8.71. The molecule has 0 aromatic heterocycles. The number of hydrogen-bond acceptors (Lipinski definition) is 3. The number of amides is 1. The minimum Gasteiger partial charge on any atom is -0.461 e. The first-order valence-corrected chi connectivity index (χ1v) is 5.88. The summed E-state index contributed by atoms with van der Waals surface area (Å²) in [6.45, 7) is 3.93. The first-order chi connectivity index (χ1) is 8.69. The number of allylic oxidation sites excluding steroid dienone is 1. The SMILES string of the molecule is C/C=C(\NC(=O)c1ccccc1)C(=O)OCCC. The Morgan fingerprint density at radius 3 is 2.50 bits per heavy atom. The Bertz CT molecular complexity index is 438. The van der Waals surface area contributed by atoms with Crippen LogP contribution in [0.25, 0.3) is 0 Å². The zero-order chi connectivity index (χ0) is 13.4. The number of esters is 1. The molecule has 0 bridgehead atoms. The van der Waals surface area contributed by atoms with Gasteiger partial charge in [-0.05, 0) is 25.5 Å². The van der Waals surface area contributed by atoms with Crippen molar-refractivity contribution >= 4 is 11.9 Å². The smallest absolute Gasteiger partial charge is 0.354 e. The van der Waals surface area contributed by atoms with Crippen molar-refractivity contribution in [2.24, 2.45) is 0 Å². The highest BCUT2D eigenvalue weighted by Crippen LogP contribution is 2.01. The molecule has 0 radical (unpaired) electrons. The zero-order valence-corrected chi connectivity index (χ0v) is 10.6. The number of rotatable bonds is 5. The number of carbonyl (C=O) groups is 2. The Balaban J connectivity index is 2.65. The van der Waals surface area contributed by atoms with Crippen LogP contribution in [-0.4, -0.2) is 18.5 Å². The van der Waals surface area contributed by atoms with Crippen LogP contribution < -0.4 is 5.32 Å². The highest BCUT2D eigenvalue weighted by atomic mass is 16.5. The van der Waals surface area contributed by atoms with Gasteiger partial charge in [0.2, 0.25) is 0 Å². The van der Waals surface area contributed by atoms with E-state index in [9.17, 15) is 9.59 Å². The summed E-state index contributed by atoms with van der Waals surface area (Å²) in [6.07, 6.45) is 2.27. The molecule has 1 N–H and O–H groups in total. The van der Waals surface area contributed by atoms with E-state index in [0.29, 0.717) is 12.2 Å². The third-order valence-corrected chi connectivity index (χ3v) is 2.23. The second-order valence-corrected chi connectivity index (χ2v) is 3.66. The van der Waals surface area contributed by atoms with Gasteiger partial charge in [-0.3, -0.25) is 4.79 Å². The minimum absolute atomic E-state index is 0.164.